The summed E-state index contributed by atoms with van der Waals surface area (Å²) in [4.78, 5) is 23.6. The number of benzene rings is 2. The lowest BCUT2D eigenvalue weighted by atomic mass is 10.0. The molecule has 0 aliphatic heterocycles. The largest absolute Gasteiger partial charge is 0.508 e. The summed E-state index contributed by atoms with van der Waals surface area (Å²) >= 11 is 0. The van der Waals surface area contributed by atoms with Crippen LogP contribution in [-0.2, 0) is 4.79 Å². The van der Waals surface area contributed by atoms with Gasteiger partial charge in [0, 0.05) is 5.56 Å². The standard InChI is InChI=1S/C16H15NO4/c1-10-9-12(18)7-8-13(10)15(19)17-14(16(20)21)11-5-3-2-4-6-11/h2-9,14,18H,1H3,(H,17,19)(H,20,21)/t14-/m1/s1. The number of phenols is 1. The minimum absolute atomic E-state index is 0.0573. The third kappa shape index (κ3) is 3.39. The SMILES string of the molecule is Cc1cc(O)ccc1C(=O)N[C@@H](C(=O)O)c1ccccc1. The normalized spacial score (nSPS) is 11.7. The van der Waals surface area contributed by atoms with Gasteiger partial charge in [-0.1, -0.05) is 30.3 Å². The first kappa shape index (κ1) is 14.6. The minimum atomic E-state index is -1.13. The maximum Gasteiger partial charge on any atom is 0.330 e. The molecule has 2 rings (SSSR count). The van der Waals surface area contributed by atoms with Gasteiger partial charge >= 0.3 is 5.97 Å². The number of rotatable bonds is 4. The number of carboxylic acids is 1. The number of hydrogen-bond acceptors (Lipinski definition) is 3. The third-order valence-corrected chi connectivity index (χ3v) is 3.11. The van der Waals surface area contributed by atoms with E-state index in [1.807, 2.05) is 0 Å². The summed E-state index contributed by atoms with van der Waals surface area (Å²) in [5, 5.41) is 21.1. The zero-order valence-electron chi connectivity index (χ0n) is 11.4. The monoisotopic (exact) mass is 285 g/mol. The first-order valence-corrected chi connectivity index (χ1v) is 6.37. The van der Waals surface area contributed by atoms with Gasteiger partial charge in [0.15, 0.2) is 6.04 Å². The van der Waals surface area contributed by atoms with Crippen molar-refractivity contribution < 1.29 is 19.8 Å². The Hall–Kier alpha value is -2.82. The van der Waals surface area contributed by atoms with Crippen LogP contribution in [0.4, 0.5) is 0 Å². The van der Waals surface area contributed by atoms with E-state index in [0.29, 0.717) is 16.7 Å². The zero-order chi connectivity index (χ0) is 15.4. The molecular formula is C16H15NO4. The number of aryl methyl sites for hydroxylation is 1. The van der Waals surface area contributed by atoms with Crippen molar-refractivity contribution in [3.8, 4) is 5.75 Å². The summed E-state index contributed by atoms with van der Waals surface area (Å²) in [6, 6.07) is 11.7. The highest BCUT2D eigenvalue weighted by molar-refractivity contribution is 5.98. The van der Waals surface area contributed by atoms with Crippen LogP contribution in [0.5, 0.6) is 5.75 Å². The summed E-state index contributed by atoms with van der Waals surface area (Å²) < 4.78 is 0. The van der Waals surface area contributed by atoms with Crippen molar-refractivity contribution in [1.82, 2.24) is 5.32 Å². The molecule has 0 fully saturated rings. The Balaban J connectivity index is 2.25. The zero-order valence-corrected chi connectivity index (χ0v) is 11.4. The number of aromatic hydroxyl groups is 1. The molecule has 0 heterocycles. The van der Waals surface area contributed by atoms with Gasteiger partial charge in [0.2, 0.25) is 0 Å². The van der Waals surface area contributed by atoms with Crippen LogP contribution in [0.3, 0.4) is 0 Å². The molecule has 0 spiro atoms. The number of aliphatic carboxylic acids is 1. The van der Waals surface area contributed by atoms with Gasteiger partial charge in [-0.25, -0.2) is 4.79 Å². The first-order chi connectivity index (χ1) is 9.99. The van der Waals surface area contributed by atoms with E-state index in [-0.39, 0.29) is 5.75 Å². The Morgan fingerprint density at radius 3 is 2.33 bits per heavy atom. The average molecular weight is 285 g/mol. The fourth-order valence-corrected chi connectivity index (χ4v) is 2.04. The van der Waals surface area contributed by atoms with Crippen LogP contribution in [0.25, 0.3) is 0 Å². The second-order valence-electron chi connectivity index (χ2n) is 4.65. The topological polar surface area (TPSA) is 86.6 Å². The summed E-state index contributed by atoms with van der Waals surface area (Å²) in [6.45, 7) is 1.67. The lowest BCUT2D eigenvalue weighted by molar-refractivity contribution is -0.139. The highest BCUT2D eigenvalue weighted by Crippen LogP contribution is 2.18. The predicted octanol–water partition coefficient (Wildman–Crippen LogP) is 2.26. The summed E-state index contributed by atoms with van der Waals surface area (Å²) in [5.74, 6) is -1.57. The molecule has 0 unspecified atom stereocenters. The van der Waals surface area contributed by atoms with Gasteiger partial charge in [-0.05, 0) is 36.2 Å². The molecule has 0 bridgehead atoms. The minimum Gasteiger partial charge on any atom is -0.508 e. The van der Waals surface area contributed by atoms with E-state index >= 15 is 0 Å². The van der Waals surface area contributed by atoms with Crippen LogP contribution in [0.2, 0.25) is 0 Å². The van der Waals surface area contributed by atoms with Crippen molar-refractivity contribution in [2.24, 2.45) is 0 Å². The third-order valence-electron chi connectivity index (χ3n) is 3.11. The fraction of sp³-hybridized carbons (Fsp3) is 0.125. The van der Waals surface area contributed by atoms with Gasteiger partial charge in [-0.15, -0.1) is 0 Å². The Bertz CT molecular complexity index is 667. The molecule has 1 atom stereocenters. The summed E-state index contributed by atoms with van der Waals surface area (Å²) in [7, 11) is 0. The maximum absolute atomic E-state index is 12.2. The van der Waals surface area contributed by atoms with Crippen LogP contribution < -0.4 is 5.32 Å². The van der Waals surface area contributed by atoms with Crippen molar-refractivity contribution in [3.05, 3.63) is 65.2 Å². The van der Waals surface area contributed by atoms with Gasteiger partial charge in [0.25, 0.3) is 5.91 Å². The van der Waals surface area contributed by atoms with E-state index in [1.165, 1.54) is 18.2 Å². The predicted molar refractivity (Wildman–Crippen MR) is 77.1 cm³/mol. The molecule has 5 heteroatoms. The quantitative estimate of drug-likeness (QED) is 0.804. The Morgan fingerprint density at radius 2 is 1.76 bits per heavy atom. The second kappa shape index (κ2) is 6.09. The number of carbonyl (C=O) groups is 2. The van der Waals surface area contributed by atoms with Gasteiger partial charge in [-0.2, -0.15) is 0 Å². The molecule has 1 amide bonds. The number of hydrogen-bond donors (Lipinski definition) is 3. The summed E-state index contributed by atoms with van der Waals surface area (Å²) in [6.07, 6.45) is 0. The van der Waals surface area contributed by atoms with E-state index < -0.39 is 17.9 Å². The first-order valence-electron chi connectivity index (χ1n) is 6.37. The van der Waals surface area contributed by atoms with Gasteiger partial charge in [-0.3, -0.25) is 4.79 Å². The van der Waals surface area contributed by atoms with E-state index in [9.17, 15) is 19.8 Å². The van der Waals surface area contributed by atoms with E-state index in [2.05, 4.69) is 5.32 Å². The number of carbonyl (C=O) groups excluding carboxylic acids is 1. The lowest BCUT2D eigenvalue weighted by Crippen LogP contribution is -2.34. The molecule has 5 nitrogen and oxygen atoms in total. The molecule has 0 saturated carbocycles. The maximum atomic E-state index is 12.2. The Labute approximate surface area is 121 Å². The lowest BCUT2D eigenvalue weighted by Gasteiger charge is -2.15. The van der Waals surface area contributed by atoms with Crippen LogP contribution in [0, 0.1) is 6.92 Å². The van der Waals surface area contributed by atoms with Crippen LogP contribution in [0.1, 0.15) is 27.5 Å². The smallest absolute Gasteiger partial charge is 0.330 e. The highest BCUT2D eigenvalue weighted by Gasteiger charge is 2.23. The van der Waals surface area contributed by atoms with Gasteiger partial charge in [0.1, 0.15) is 5.75 Å². The van der Waals surface area contributed by atoms with Gasteiger partial charge in [0.05, 0.1) is 0 Å². The number of phenolic OH excluding ortho intramolecular Hbond substituents is 1. The van der Waals surface area contributed by atoms with Crippen molar-refractivity contribution >= 4 is 11.9 Å². The Morgan fingerprint density at radius 1 is 1.10 bits per heavy atom. The second-order valence-corrected chi connectivity index (χ2v) is 4.65. The van der Waals surface area contributed by atoms with Crippen LogP contribution >= 0.6 is 0 Å². The molecule has 0 aliphatic rings. The van der Waals surface area contributed by atoms with Crippen LogP contribution in [0.15, 0.2) is 48.5 Å². The Kier molecular flexibility index (Phi) is 4.23. The van der Waals surface area contributed by atoms with Crippen molar-refractivity contribution in [1.29, 1.82) is 0 Å². The van der Waals surface area contributed by atoms with Crippen LogP contribution in [-0.4, -0.2) is 22.1 Å². The number of amides is 1. The molecule has 0 saturated heterocycles. The van der Waals surface area contributed by atoms with E-state index in [0.717, 1.165) is 0 Å². The molecular weight excluding hydrogens is 270 g/mol. The van der Waals surface area contributed by atoms with Gasteiger partial charge < -0.3 is 15.5 Å². The molecule has 0 aromatic heterocycles. The summed E-state index contributed by atoms with van der Waals surface area (Å²) in [5.41, 5.74) is 1.40. The molecule has 2 aromatic rings. The molecule has 21 heavy (non-hydrogen) atoms. The number of carboxylic acid groups (broad SMARTS) is 1. The molecule has 0 radical (unpaired) electrons. The molecule has 108 valence electrons. The molecule has 2 aromatic carbocycles. The van der Waals surface area contributed by atoms with Crippen molar-refractivity contribution in [2.45, 2.75) is 13.0 Å². The van der Waals surface area contributed by atoms with E-state index in [4.69, 9.17) is 0 Å². The fourth-order valence-electron chi connectivity index (χ4n) is 2.04. The van der Waals surface area contributed by atoms with Crippen molar-refractivity contribution in [2.75, 3.05) is 0 Å². The molecule has 0 aliphatic carbocycles. The average Bonchev–Trinajstić information content (AvgIpc) is 2.45. The number of nitrogens with one attached hydrogen (secondary N) is 1. The molecule has 3 N–H and O–H groups in total. The van der Waals surface area contributed by atoms with Crippen molar-refractivity contribution in [3.63, 3.8) is 0 Å². The van der Waals surface area contributed by atoms with E-state index in [1.54, 1.807) is 37.3 Å². The highest BCUT2D eigenvalue weighted by atomic mass is 16.4.